The van der Waals surface area contributed by atoms with Crippen LogP contribution in [0.15, 0.2) is 6.33 Å². The molecule has 2 aromatic rings. The zero-order valence-corrected chi connectivity index (χ0v) is 11.7. The Bertz CT molecular complexity index is 660. The van der Waals surface area contributed by atoms with Crippen LogP contribution in [-0.4, -0.2) is 61.8 Å². The topological polar surface area (TPSA) is 129 Å². The Morgan fingerprint density at radius 3 is 2.90 bits per heavy atom. The molecule has 4 N–H and O–H groups in total. The molecule has 1 aliphatic rings. The van der Waals surface area contributed by atoms with Gasteiger partial charge in [-0.1, -0.05) is 0 Å². The molecular weight excluding hydrogens is 278 g/mol. The van der Waals surface area contributed by atoms with E-state index in [0.29, 0.717) is 17.0 Å². The standard InChI is InChI=1S/C12H17N5O4/c1-5-15-10(13)7-11(16-5)17(4-14-7)12-9(20-2)8(19)6(3-18)21-12/h4,6,8-9,12,18-19H,3H2,1-2H3,(H2,13,15,16)/t6-,8+,9-,12-/m1/s1. The molecule has 114 valence electrons. The highest BCUT2D eigenvalue weighted by molar-refractivity contribution is 5.81. The minimum atomic E-state index is -0.942. The molecule has 0 bridgehead atoms. The Hall–Kier alpha value is -1.81. The molecular formula is C12H17N5O4. The number of aliphatic hydroxyl groups is 2. The van der Waals surface area contributed by atoms with Gasteiger partial charge in [0.15, 0.2) is 17.7 Å². The van der Waals surface area contributed by atoms with Gasteiger partial charge in [-0.15, -0.1) is 0 Å². The normalized spacial score (nSPS) is 29.3. The van der Waals surface area contributed by atoms with Crippen LogP contribution in [0.4, 0.5) is 5.82 Å². The fourth-order valence-corrected chi connectivity index (χ4v) is 2.59. The van der Waals surface area contributed by atoms with Gasteiger partial charge in [0.2, 0.25) is 0 Å². The van der Waals surface area contributed by atoms with Crippen molar-refractivity contribution in [2.45, 2.75) is 31.5 Å². The lowest BCUT2D eigenvalue weighted by Crippen LogP contribution is -2.34. The van der Waals surface area contributed by atoms with Gasteiger partial charge in [0.25, 0.3) is 0 Å². The van der Waals surface area contributed by atoms with Crippen LogP contribution in [0.25, 0.3) is 11.2 Å². The zero-order chi connectivity index (χ0) is 15.1. The Balaban J connectivity index is 2.08. The van der Waals surface area contributed by atoms with Crippen LogP contribution < -0.4 is 5.73 Å². The van der Waals surface area contributed by atoms with Crippen LogP contribution in [0.3, 0.4) is 0 Å². The van der Waals surface area contributed by atoms with E-state index in [1.165, 1.54) is 13.4 Å². The van der Waals surface area contributed by atoms with Gasteiger partial charge in [0, 0.05) is 7.11 Å². The minimum Gasteiger partial charge on any atom is -0.394 e. The summed E-state index contributed by atoms with van der Waals surface area (Å²) >= 11 is 0. The van der Waals surface area contributed by atoms with Crippen molar-refractivity contribution < 1.29 is 19.7 Å². The van der Waals surface area contributed by atoms with Crippen LogP contribution in [0.2, 0.25) is 0 Å². The molecule has 21 heavy (non-hydrogen) atoms. The molecule has 9 heteroatoms. The fraction of sp³-hybridized carbons (Fsp3) is 0.583. The van der Waals surface area contributed by atoms with Crippen molar-refractivity contribution in [3.8, 4) is 0 Å². The van der Waals surface area contributed by atoms with E-state index in [2.05, 4.69) is 15.0 Å². The number of hydrogen-bond acceptors (Lipinski definition) is 8. The maximum atomic E-state index is 10.1. The first-order valence-electron chi connectivity index (χ1n) is 6.50. The Morgan fingerprint density at radius 2 is 2.24 bits per heavy atom. The van der Waals surface area contributed by atoms with Crippen molar-refractivity contribution in [1.82, 2.24) is 19.5 Å². The first-order chi connectivity index (χ1) is 10.1. The summed E-state index contributed by atoms with van der Waals surface area (Å²) in [5.74, 6) is 0.787. The van der Waals surface area contributed by atoms with Crippen molar-refractivity contribution in [1.29, 1.82) is 0 Å². The van der Waals surface area contributed by atoms with E-state index < -0.39 is 24.5 Å². The summed E-state index contributed by atoms with van der Waals surface area (Å²) in [5, 5.41) is 19.4. The molecule has 1 aliphatic heterocycles. The van der Waals surface area contributed by atoms with Crippen molar-refractivity contribution in [2.75, 3.05) is 19.5 Å². The van der Waals surface area contributed by atoms with Gasteiger partial charge < -0.3 is 25.4 Å². The average molecular weight is 295 g/mol. The average Bonchev–Trinajstić information content (AvgIpc) is 2.99. The second-order valence-corrected chi connectivity index (χ2v) is 4.92. The predicted molar refractivity (Wildman–Crippen MR) is 72.3 cm³/mol. The second kappa shape index (κ2) is 5.19. The van der Waals surface area contributed by atoms with E-state index in [4.69, 9.17) is 15.2 Å². The molecule has 0 saturated carbocycles. The molecule has 3 rings (SSSR count). The lowest BCUT2D eigenvalue weighted by Gasteiger charge is -2.20. The highest BCUT2D eigenvalue weighted by Crippen LogP contribution is 2.33. The summed E-state index contributed by atoms with van der Waals surface area (Å²) in [6.45, 7) is 1.42. The number of nitrogens with zero attached hydrogens (tertiary/aromatic N) is 4. The summed E-state index contributed by atoms with van der Waals surface area (Å²) in [4.78, 5) is 12.6. The molecule has 1 fully saturated rings. The van der Waals surface area contributed by atoms with Crippen molar-refractivity contribution in [3.05, 3.63) is 12.2 Å². The maximum absolute atomic E-state index is 10.1. The summed E-state index contributed by atoms with van der Waals surface area (Å²) < 4.78 is 12.6. The number of fused-ring (bicyclic) bond motifs is 1. The van der Waals surface area contributed by atoms with Crippen LogP contribution >= 0.6 is 0 Å². The van der Waals surface area contributed by atoms with Crippen molar-refractivity contribution in [3.63, 3.8) is 0 Å². The number of methoxy groups -OCH3 is 1. The Labute approximate surface area is 120 Å². The van der Waals surface area contributed by atoms with Crippen LogP contribution in [0.5, 0.6) is 0 Å². The summed E-state index contributed by atoms with van der Waals surface area (Å²) in [6.07, 6.45) is -1.45. The van der Waals surface area contributed by atoms with E-state index in [-0.39, 0.29) is 12.4 Å². The number of anilines is 1. The molecule has 1 saturated heterocycles. The highest BCUT2D eigenvalue weighted by Gasteiger charge is 2.45. The molecule has 0 aliphatic carbocycles. The van der Waals surface area contributed by atoms with Crippen molar-refractivity contribution in [2.24, 2.45) is 0 Å². The Morgan fingerprint density at radius 1 is 1.48 bits per heavy atom. The zero-order valence-electron chi connectivity index (χ0n) is 11.7. The number of imidazole rings is 1. The number of ether oxygens (including phenoxy) is 2. The van der Waals surface area contributed by atoms with Crippen LogP contribution in [-0.2, 0) is 9.47 Å². The second-order valence-electron chi connectivity index (χ2n) is 4.92. The SMILES string of the molecule is CO[C@@H]1[C@@H](O)[C@@H](CO)O[C@H]1n1cnc2c(N)nc(C)nc21. The van der Waals surface area contributed by atoms with Gasteiger partial charge in [0.1, 0.15) is 29.7 Å². The maximum Gasteiger partial charge on any atom is 0.167 e. The third-order valence-electron chi connectivity index (χ3n) is 3.60. The van der Waals surface area contributed by atoms with Gasteiger partial charge in [-0.3, -0.25) is 4.57 Å². The molecule has 2 aromatic heterocycles. The number of aliphatic hydroxyl groups excluding tert-OH is 2. The number of aromatic nitrogens is 4. The first-order valence-corrected chi connectivity index (χ1v) is 6.50. The van der Waals surface area contributed by atoms with Gasteiger partial charge in [-0.25, -0.2) is 15.0 Å². The number of aryl methyl sites for hydroxylation is 1. The largest absolute Gasteiger partial charge is 0.394 e. The summed E-state index contributed by atoms with van der Waals surface area (Å²) in [5.41, 5.74) is 6.79. The van der Waals surface area contributed by atoms with E-state index in [1.54, 1.807) is 11.5 Å². The highest BCUT2D eigenvalue weighted by atomic mass is 16.6. The van der Waals surface area contributed by atoms with Crippen molar-refractivity contribution >= 4 is 17.0 Å². The lowest BCUT2D eigenvalue weighted by atomic mass is 10.1. The quantitative estimate of drug-likeness (QED) is 0.656. The van der Waals surface area contributed by atoms with Gasteiger partial charge in [0.05, 0.1) is 12.9 Å². The monoisotopic (exact) mass is 295 g/mol. The molecule has 3 heterocycles. The molecule has 0 aromatic carbocycles. The molecule has 0 radical (unpaired) electrons. The molecule has 9 nitrogen and oxygen atoms in total. The lowest BCUT2D eigenvalue weighted by molar-refractivity contribution is -0.0583. The minimum absolute atomic E-state index is 0.280. The predicted octanol–water partition coefficient (Wildman–Crippen LogP) is -1.02. The van der Waals surface area contributed by atoms with Crippen LogP contribution in [0, 0.1) is 6.92 Å². The van der Waals surface area contributed by atoms with Gasteiger partial charge >= 0.3 is 0 Å². The molecule has 4 atom stereocenters. The fourth-order valence-electron chi connectivity index (χ4n) is 2.59. The van der Waals surface area contributed by atoms with E-state index in [0.717, 1.165) is 0 Å². The Kier molecular flexibility index (Phi) is 3.49. The summed E-state index contributed by atoms with van der Waals surface area (Å²) in [6, 6.07) is 0. The third kappa shape index (κ3) is 2.14. The molecule has 0 unspecified atom stereocenters. The third-order valence-corrected chi connectivity index (χ3v) is 3.60. The number of nitrogen functional groups attached to an aromatic ring is 1. The first kappa shape index (κ1) is 14.1. The van der Waals surface area contributed by atoms with E-state index in [9.17, 15) is 10.2 Å². The van der Waals surface area contributed by atoms with E-state index in [1.807, 2.05) is 0 Å². The summed E-state index contributed by atoms with van der Waals surface area (Å²) in [7, 11) is 1.47. The molecule has 0 amide bonds. The van der Waals surface area contributed by atoms with Gasteiger partial charge in [-0.05, 0) is 6.92 Å². The smallest absolute Gasteiger partial charge is 0.167 e. The van der Waals surface area contributed by atoms with Gasteiger partial charge in [-0.2, -0.15) is 0 Å². The van der Waals surface area contributed by atoms with E-state index >= 15 is 0 Å². The van der Waals surface area contributed by atoms with Crippen LogP contribution in [0.1, 0.15) is 12.1 Å². The number of nitrogens with two attached hydrogens (primary N) is 1. The number of rotatable bonds is 3. The molecule has 0 spiro atoms. The number of hydrogen-bond donors (Lipinski definition) is 3.